The molecule has 0 N–H and O–H groups in total. The first-order valence-electron chi connectivity index (χ1n) is 10.9. The van der Waals surface area contributed by atoms with E-state index in [1.165, 1.54) is 44.9 Å². The first-order chi connectivity index (χ1) is 12.6. The predicted octanol–water partition coefficient (Wildman–Crippen LogP) is 9.72. The summed E-state index contributed by atoms with van der Waals surface area (Å²) in [6, 6.07) is 0. The summed E-state index contributed by atoms with van der Waals surface area (Å²) in [5, 5.41) is 0. The van der Waals surface area contributed by atoms with Crippen LogP contribution < -0.4 is 0 Å². The van der Waals surface area contributed by atoms with E-state index < -0.39 is 18.4 Å². The van der Waals surface area contributed by atoms with Crippen LogP contribution in [-0.4, -0.2) is 18.4 Å². The van der Waals surface area contributed by atoms with Crippen LogP contribution in [-0.2, 0) is 0 Å². The molecule has 0 atom stereocenters. The Balaban J connectivity index is -0.000000484. The van der Waals surface area contributed by atoms with Crippen molar-refractivity contribution in [1.29, 1.82) is 0 Å². The van der Waals surface area contributed by atoms with Crippen molar-refractivity contribution in [1.82, 2.24) is 0 Å². The molecule has 0 aromatic rings. The van der Waals surface area contributed by atoms with Crippen molar-refractivity contribution in [2.24, 2.45) is 0 Å². The van der Waals surface area contributed by atoms with Gasteiger partial charge in [0.15, 0.2) is 0 Å². The van der Waals surface area contributed by atoms with Gasteiger partial charge < -0.3 is 0 Å². The molecule has 0 aliphatic heterocycles. The van der Waals surface area contributed by atoms with Crippen molar-refractivity contribution >= 4 is 41.0 Å². The molecule has 0 aromatic heterocycles. The van der Waals surface area contributed by atoms with E-state index in [0.29, 0.717) is 0 Å². The molecule has 0 rings (SSSR count). The van der Waals surface area contributed by atoms with Gasteiger partial charge in [0.1, 0.15) is 0 Å². The second kappa shape index (κ2) is 27.8. The molecule has 0 radical (unpaired) electrons. The molecule has 0 unspecified atom stereocenters. The summed E-state index contributed by atoms with van der Waals surface area (Å²) in [4.78, 5) is 0. The zero-order valence-corrected chi connectivity index (χ0v) is 23.8. The molecule has 0 saturated carbocycles. The van der Waals surface area contributed by atoms with Crippen molar-refractivity contribution in [3.8, 4) is 12.3 Å². The van der Waals surface area contributed by atoms with Gasteiger partial charge in [-0.05, 0) is 10.5 Å². The average Bonchev–Trinajstić information content (AvgIpc) is 2.68. The minimum atomic E-state index is -1.87. The number of terminal acetylenes is 1. The minimum absolute atomic E-state index is 0.847. The summed E-state index contributed by atoms with van der Waals surface area (Å²) in [7, 11) is 0. The second-order valence-corrected chi connectivity index (χ2v) is 20.5. The summed E-state index contributed by atoms with van der Waals surface area (Å²) in [5.41, 5.74) is 0. The Kier molecular flexibility index (Phi) is 33.4. The van der Waals surface area contributed by atoms with Gasteiger partial charge in [-0.1, -0.05) is 42.5 Å². The van der Waals surface area contributed by atoms with Gasteiger partial charge in [0, 0.05) is 6.42 Å². The molecule has 154 valence electrons. The fraction of sp³-hybridized carbons (Fsp3) is 0.750. The molecule has 0 nitrogen and oxygen atoms in total. The van der Waals surface area contributed by atoms with Crippen molar-refractivity contribution in [2.45, 2.75) is 113 Å². The fourth-order valence-electron chi connectivity index (χ4n) is 2.67. The first kappa shape index (κ1) is 31.3. The van der Waals surface area contributed by atoms with Crippen LogP contribution in [0.5, 0.6) is 0 Å². The Bertz CT molecular complexity index is 317. The third-order valence-corrected chi connectivity index (χ3v) is 19.1. The Labute approximate surface area is 185 Å². The molecule has 0 aliphatic carbocycles. The van der Waals surface area contributed by atoms with E-state index >= 15 is 0 Å². The van der Waals surface area contributed by atoms with Crippen molar-refractivity contribution in [3.05, 3.63) is 20.3 Å². The Hall–Kier alpha value is 0.569. The topological polar surface area (TPSA) is 0 Å². The summed E-state index contributed by atoms with van der Waals surface area (Å²) < 4.78 is 9.64. The molecule has 0 saturated heterocycles. The number of hydrogen-bond donors (Lipinski definition) is 0. The number of rotatable bonds is 12. The normalized spacial score (nSPS) is 10.8. The van der Waals surface area contributed by atoms with E-state index in [2.05, 4.69) is 79.4 Å². The molecule has 0 aliphatic rings. The number of allylic oxidation sites excluding steroid dienone is 2. The quantitative estimate of drug-likeness (QED) is 0.122. The molecule has 26 heavy (non-hydrogen) atoms. The van der Waals surface area contributed by atoms with Crippen LogP contribution in [0.25, 0.3) is 0 Å². The van der Waals surface area contributed by atoms with Crippen molar-refractivity contribution in [2.75, 3.05) is 0 Å². The molecule has 2 heteroatoms. The van der Waals surface area contributed by atoms with Gasteiger partial charge >= 0.3 is 114 Å². The third kappa shape index (κ3) is 24.6. The molecular weight excluding hydrogens is 534 g/mol. The molecule has 0 fully saturated rings. The van der Waals surface area contributed by atoms with Gasteiger partial charge in [0.2, 0.25) is 0 Å². The molecule has 0 heterocycles. The Morgan fingerprint density at radius 3 is 1.35 bits per heavy atom. The van der Waals surface area contributed by atoms with Crippen LogP contribution in [0.3, 0.4) is 0 Å². The second-order valence-electron chi connectivity index (χ2n) is 6.81. The Morgan fingerprint density at radius 2 is 1.15 bits per heavy atom. The third-order valence-electron chi connectivity index (χ3n) is 4.32. The molecular formula is C24H47ISn. The van der Waals surface area contributed by atoms with E-state index in [0.717, 1.165) is 12.8 Å². The predicted molar refractivity (Wildman–Crippen MR) is 137 cm³/mol. The van der Waals surface area contributed by atoms with Gasteiger partial charge in [-0.15, -0.1) is 12.3 Å². The first-order valence-corrected chi connectivity index (χ1v) is 19.9. The number of halogens is 1. The van der Waals surface area contributed by atoms with Crippen LogP contribution >= 0.6 is 22.6 Å². The summed E-state index contributed by atoms with van der Waals surface area (Å²) >= 11 is 0.335. The summed E-state index contributed by atoms with van der Waals surface area (Å²) in [6.07, 6.45) is 21.2. The van der Waals surface area contributed by atoms with Gasteiger partial charge in [-0.2, -0.15) is 0 Å². The van der Waals surface area contributed by atoms with E-state index in [-0.39, 0.29) is 0 Å². The number of unbranched alkanes of at least 4 members (excludes halogenated alkanes) is 3. The average molecular weight is 581 g/mol. The van der Waals surface area contributed by atoms with E-state index in [4.69, 9.17) is 6.42 Å². The van der Waals surface area contributed by atoms with Gasteiger partial charge in [-0.25, -0.2) is 0 Å². The monoisotopic (exact) mass is 582 g/mol. The van der Waals surface area contributed by atoms with Crippen molar-refractivity contribution < 1.29 is 0 Å². The van der Waals surface area contributed by atoms with E-state index in [1.54, 1.807) is 13.3 Å². The van der Waals surface area contributed by atoms with Crippen LogP contribution in [0.4, 0.5) is 0 Å². The van der Waals surface area contributed by atoms with Gasteiger partial charge in [0.25, 0.3) is 0 Å². The standard InChI is InChI=1S/C4H7I.3C4H9.C4H7.C4H6.Sn/c1-2-3-4-5;5*1-3-4-2;/h3-4H,2H2,1H3;3*1,3-4H2,2H3;1,3H,4H2,2H3;1H,4H2,2H3;/b4-3+;;;;;;. The van der Waals surface area contributed by atoms with Gasteiger partial charge in [0.05, 0.1) is 0 Å². The Morgan fingerprint density at radius 1 is 0.769 bits per heavy atom. The van der Waals surface area contributed by atoms with Crippen LogP contribution in [0.15, 0.2) is 20.3 Å². The van der Waals surface area contributed by atoms with E-state index in [1.807, 2.05) is 11.0 Å². The zero-order chi connectivity index (χ0) is 20.5. The maximum absolute atomic E-state index is 4.78. The van der Waals surface area contributed by atoms with Gasteiger partial charge in [-0.3, -0.25) is 0 Å². The molecule has 0 spiro atoms. The van der Waals surface area contributed by atoms with Crippen LogP contribution in [0.2, 0.25) is 13.3 Å². The van der Waals surface area contributed by atoms with E-state index in [9.17, 15) is 0 Å². The molecule has 0 bridgehead atoms. The number of hydrogen-bond acceptors (Lipinski definition) is 0. The van der Waals surface area contributed by atoms with Crippen molar-refractivity contribution in [3.63, 3.8) is 0 Å². The zero-order valence-electron chi connectivity index (χ0n) is 18.7. The summed E-state index contributed by atoms with van der Waals surface area (Å²) in [6.45, 7) is 13.4. The fourth-order valence-corrected chi connectivity index (χ4v) is 17.9. The van der Waals surface area contributed by atoms with Crippen LogP contribution in [0.1, 0.15) is 99.3 Å². The maximum atomic E-state index is 4.78. The molecule has 0 aromatic carbocycles. The summed E-state index contributed by atoms with van der Waals surface area (Å²) in [5.74, 6) is 2.43. The molecule has 0 amide bonds. The SMILES string of the molecule is C#CCC.CC/C=C/I.CC/C=[CH]/[Sn]([CH2]CCC)([CH2]CCC)[CH2]CCC. The van der Waals surface area contributed by atoms with Crippen LogP contribution in [0, 0.1) is 12.3 Å².